The van der Waals surface area contributed by atoms with Gasteiger partial charge in [0, 0.05) is 26.2 Å². The van der Waals surface area contributed by atoms with Crippen molar-refractivity contribution in [2.24, 2.45) is 0 Å². The highest BCUT2D eigenvalue weighted by Crippen LogP contribution is 2.14. The fourth-order valence-corrected chi connectivity index (χ4v) is 1.59. The highest BCUT2D eigenvalue weighted by atomic mass is 19.4. The molecule has 15 heavy (non-hydrogen) atoms. The van der Waals surface area contributed by atoms with E-state index < -0.39 is 12.8 Å². The van der Waals surface area contributed by atoms with Crippen LogP contribution in [0.25, 0.3) is 0 Å². The first-order chi connectivity index (χ1) is 6.97. The van der Waals surface area contributed by atoms with E-state index >= 15 is 0 Å². The number of rotatable bonds is 5. The van der Waals surface area contributed by atoms with E-state index in [-0.39, 0.29) is 12.7 Å². The van der Waals surface area contributed by atoms with Crippen LogP contribution in [0.5, 0.6) is 0 Å². The minimum Gasteiger partial charge on any atom is -0.392 e. The van der Waals surface area contributed by atoms with Crippen molar-refractivity contribution in [2.45, 2.75) is 25.1 Å². The van der Waals surface area contributed by atoms with Crippen molar-refractivity contribution in [3.8, 4) is 0 Å². The second-order valence-electron chi connectivity index (χ2n) is 3.76. The van der Waals surface area contributed by atoms with Crippen LogP contribution in [-0.4, -0.2) is 55.1 Å². The van der Waals surface area contributed by atoms with Crippen LogP contribution in [-0.2, 0) is 4.74 Å². The second kappa shape index (κ2) is 5.67. The van der Waals surface area contributed by atoms with Gasteiger partial charge in [-0.05, 0) is 12.8 Å². The number of hydrogen-bond donors (Lipinski definition) is 1. The van der Waals surface area contributed by atoms with E-state index in [9.17, 15) is 18.3 Å². The van der Waals surface area contributed by atoms with E-state index in [0.717, 1.165) is 13.0 Å². The Morgan fingerprint density at radius 2 is 2.13 bits per heavy atom. The van der Waals surface area contributed by atoms with Crippen molar-refractivity contribution < 1.29 is 23.0 Å². The first kappa shape index (κ1) is 12.7. The quantitative estimate of drug-likeness (QED) is 0.712. The Hall–Kier alpha value is -0.330. The molecule has 1 heterocycles. The van der Waals surface area contributed by atoms with E-state index in [1.165, 1.54) is 0 Å². The van der Waals surface area contributed by atoms with Gasteiger partial charge >= 0.3 is 6.18 Å². The van der Waals surface area contributed by atoms with Crippen LogP contribution >= 0.6 is 0 Å². The van der Waals surface area contributed by atoms with E-state index in [0.29, 0.717) is 19.5 Å². The van der Waals surface area contributed by atoms with Gasteiger partial charge in [-0.2, -0.15) is 13.2 Å². The molecule has 0 spiro atoms. The van der Waals surface area contributed by atoms with Crippen molar-refractivity contribution in [3.05, 3.63) is 0 Å². The zero-order chi connectivity index (χ0) is 11.3. The molecule has 1 aliphatic rings. The maximum Gasteiger partial charge on any atom is 0.411 e. The van der Waals surface area contributed by atoms with Crippen LogP contribution in [0.1, 0.15) is 12.8 Å². The molecule has 3 nitrogen and oxygen atoms in total. The molecular formula is C9H16F3NO2. The average Bonchev–Trinajstić information content (AvgIpc) is 2.49. The lowest BCUT2D eigenvalue weighted by molar-refractivity contribution is -0.174. The smallest absolute Gasteiger partial charge is 0.392 e. The first-order valence-corrected chi connectivity index (χ1v) is 5.02. The predicted octanol–water partition coefficient (Wildman–Crippen LogP) is 1.02. The summed E-state index contributed by atoms with van der Waals surface area (Å²) in [5.41, 5.74) is 0. The van der Waals surface area contributed by atoms with E-state index in [1.54, 1.807) is 0 Å². The molecule has 0 radical (unpaired) electrons. The SMILES string of the molecule is O[C@@H]1CCN(CCCOCC(F)(F)F)C1. The zero-order valence-corrected chi connectivity index (χ0v) is 8.46. The minimum absolute atomic E-state index is 0.117. The molecule has 6 heteroatoms. The van der Waals surface area contributed by atoms with Gasteiger partial charge in [-0.1, -0.05) is 0 Å². The molecule has 0 bridgehead atoms. The number of halogens is 3. The highest BCUT2D eigenvalue weighted by Gasteiger charge is 2.27. The third kappa shape index (κ3) is 5.96. The lowest BCUT2D eigenvalue weighted by Crippen LogP contribution is -2.25. The molecule has 0 aromatic heterocycles. The standard InChI is InChI=1S/C9H16F3NO2/c10-9(11,12)7-15-5-1-3-13-4-2-8(14)6-13/h8,14H,1-7H2/t8-/m1/s1. The number of ether oxygens (including phenoxy) is 1. The molecule has 0 amide bonds. The van der Waals surface area contributed by atoms with E-state index in [4.69, 9.17) is 0 Å². The molecule has 1 fully saturated rings. The summed E-state index contributed by atoms with van der Waals surface area (Å²) in [6.45, 7) is 1.08. The van der Waals surface area contributed by atoms with Crippen molar-refractivity contribution in [1.82, 2.24) is 4.90 Å². The number of likely N-dealkylation sites (tertiary alicyclic amines) is 1. The maximum absolute atomic E-state index is 11.7. The molecule has 1 atom stereocenters. The van der Waals surface area contributed by atoms with Gasteiger partial charge in [0.15, 0.2) is 0 Å². The lowest BCUT2D eigenvalue weighted by Gasteiger charge is -2.14. The number of aliphatic hydroxyl groups excluding tert-OH is 1. The number of hydrogen-bond acceptors (Lipinski definition) is 3. The Morgan fingerprint density at radius 1 is 1.40 bits per heavy atom. The van der Waals surface area contributed by atoms with E-state index in [1.807, 2.05) is 4.90 Å². The number of nitrogens with zero attached hydrogens (tertiary/aromatic N) is 1. The third-order valence-corrected chi connectivity index (χ3v) is 2.28. The molecule has 0 aromatic carbocycles. The number of aliphatic hydroxyl groups is 1. The second-order valence-corrected chi connectivity index (χ2v) is 3.76. The van der Waals surface area contributed by atoms with Crippen LogP contribution in [0.4, 0.5) is 13.2 Å². The van der Waals surface area contributed by atoms with Crippen molar-refractivity contribution in [3.63, 3.8) is 0 Å². The van der Waals surface area contributed by atoms with Gasteiger partial charge in [-0.25, -0.2) is 0 Å². The van der Waals surface area contributed by atoms with Crippen molar-refractivity contribution in [1.29, 1.82) is 0 Å². The average molecular weight is 227 g/mol. The van der Waals surface area contributed by atoms with E-state index in [2.05, 4.69) is 4.74 Å². The first-order valence-electron chi connectivity index (χ1n) is 5.02. The molecule has 1 aliphatic heterocycles. The Morgan fingerprint density at radius 3 is 2.67 bits per heavy atom. The third-order valence-electron chi connectivity index (χ3n) is 2.28. The number of β-amino-alcohol motifs (C(OH)–C–C–N with tert-alkyl or cyclic N) is 1. The summed E-state index contributed by atoms with van der Waals surface area (Å²) >= 11 is 0. The minimum atomic E-state index is -4.23. The Labute approximate surface area is 86.8 Å². The van der Waals surface area contributed by atoms with Crippen LogP contribution < -0.4 is 0 Å². The number of alkyl halides is 3. The molecule has 90 valence electrons. The highest BCUT2D eigenvalue weighted by molar-refractivity contribution is 4.73. The Balaban J connectivity index is 1.93. The lowest BCUT2D eigenvalue weighted by atomic mass is 10.3. The van der Waals surface area contributed by atoms with Crippen molar-refractivity contribution in [2.75, 3.05) is 32.8 Å². The fraction of sp³-hybridized carbons (Fsp3) is 1.00. The van der Waals surface area contributed by atoms with Gasteiger partial charge in [-0.3, -0.25) is 0 Å². The van der Waals surface area contributed by atoms with Crippen LogP contribution in [0.2, 0.25) is 0 Å². The van der Waals surface area contributed by atoms with Crippen LogP contribution in [0.3, 0.4) is 0 Å². The van der Waals surface area contributed by atoms with Gasteiger partial charge in [0.1, 0.15) is 6.61 Å². The molecule has 1 rings (SSSR count). The van der Waals surface area contributed by atoms with Crippen LogP contribution in [0.15, 0.2) is 0 Å². The zero-order valence-electron chi connectivity index (χ0n) is 8.46. The van der Waals surface area contributed by atoms with Gasteiger partial charge in [0.2, 0.25) is 0 Å². The van der Waals surface area contributed by atoms with Gasteiger partial charge in [0.05, 0.1) is 6.10 Å². The van der Waals surface area contributed by atoms with Crippen LogP contribution in [0, 0.1) is 0 Å². The van der Waals surface area contributed by atoms with Gasteiger partial charge in [-0.15, -0.1) is 0 Å². The molecule has 0 aliphatic carbocycles. The summed E-state index contributed by atoms with van der Waals surface area (Å²) in [4.78, 5) is 2.03. The molecule has 0 saturated carbocycles. The molecule has 0 aromatic rings. The normalized spacial score (nSPS) is 23.6. The van der Waals surface area contributed by atoms with Gasteiger partial charge in [0.25, 0.3) is 0 Å². The summed E-state index contributed by atoms with van der Waals surface area (Å²) in [6.07, 6.45) is -3.18. The molecule has 1 saturated heterocycles. The summed E-state index contributed by atoms with van der Waals surface area (Å²) in [5.74, 6) is 0. The Kier molecular flexibility index (Phi) is 4.82. The summed E-state index contributed by atoms with van der Waals surface area (Å²) in [6, 6.07) is 0. The Bertz CT molecular complexity index is 187. The summed E-state index contributed by atoms with van der Waals surface area (Å²) in [7, 11) is 0. The largest absolute Gasteiger partial charge is 0.411 e. The summed E-state index contributed by atoms with van der Waals surface area (Å²) < 4.78 is 39.5. The summed E-state index contributed by atoms with van der Waals surface area (Å²) in [5, 5.41) is 9.19. The maximum atomic E-state index is 11.7. The van der Waals surface area contributed by atoms with Crippen molar-refractivity contribution >= 4 is 0 Å². The molecule has 1 N–H and O–H groups in total. The monoisotopic (exact) mass is 227 g/mol. The predicted molar refractivity (Wildman–Crippen MR) is 48.6 cm³/mol. The molecule has 0 unspecified atom stereocenters. The topological polar surface area (TPSA) is 32.7 Å². The van der Waals surface area contributed by atoms with Gasteiger partial charge < -0.3 is 14.7 Å². The fourth-order valence-electron chi connectivity index (χ4n) is 1.59. The molecular weight excluding hydrogens is 211 g/mol.